The molecule has 0 atom stereocenters. The summed E-state index contributed by atoms with van der Waals surface area (Å²) in [6.45, 7) is 7.53. The molecule has 4 rings (SSSR count). The minimum Gasteiger partial charge on any atom is -0.459 e. The lowest BCUT2D eigenvalue weighted by Gasteiger charge is -2.31. The van der Waals surface area contributed by atoms with E-state index in [9.17, 15) is 4.79 Å². The average molecular weight is 371 g/mol. The number of hydrogen-bond donors (Lipinski definition) is 0. The maximum Gasteiger partial charge on any atom is 0.342 e. The molecular formula is C21H26N2O2S. The Hall–Kier alpha value is -1.85. The molecule has 0 aliphatic carbocycles. The minimum absolute atomic E-state index is 0.0372. The third-order valence-electron chi connectivity index (χ3n) is 5.27. The normalized spacial score (nSPS) is 16.5. The average Bonchev–Trinajstić information content (AvgIpc) is 3.16. The van der Waals surface area contributed by atoms with Crippen LogP contribution >= 0.6 is 11.3 Å². The van der Waals surface area contributed by atoms with Gasteiger partial charge < -0.3 is 14.0 Å². The summed E-state index contributed by atoms with van der Waals surface area (Å²) in [6.07, 6.45) is 6.49. The number of ether oxygens (including phenoxy) is 1. The number of aryl methyl sites for hydroxylation is 1. The van der Waals surface area contributed by atoms with Gasteiger partial charge in [0.25, 0.3) is 0 Å². The fraction of sp³-hybridized carbons (Fsp3) is 0.476. The van der Waals surface area contributed by atoms with Gasteiger partial charge >= 0.3 is 5.97 Å². The monoisotopic (exact) mass is 370 g/mol. The second-order valence-corrected chi connectivity index (χ2v) is 8.44. The van der Waals surface area contributed by atoms with Gasteiger partial charge in [-0.25, -0.2) is 4.79 Å². The van der Waals surface area contributed by atoms with Gasteiger partial charge in [-0.1, -0.05) is 31.5 Å². The van der Waals surface area contributed by atoms with Crippen LogP contribution in [-0.2, 0) is 4.74 Å². The smallest absolute Gasteiger partial charge is 0.342 e. The van der Waals surface area contributed by atoms with Crippen LogP contribution in [0, 0.1) is 6.92 Å². The van der Waals surface area contributed by atoms with E-state index in [0.717, 1.165) is 53.8 Å². The minimum atomic E-state index is -0.169. The van der Waals surface area contributed by atoms with Crippen molar-refractivity contribution >= 4 is 33.0 Å². The largest absolute Gasteiger partial charge is 0.459 e. The summed E-state index contributed by atoms with van der Waals surface area (Å²) in [4.78, 5) is 17.7. The number of unbranched alkanes of at least 4 members (excludes halogenated alkanes) is 1. The van der Waals surface area contributed by atoms with Crippen molar-refractivity contribution in [3.05, 3.63) is 40.9 Å². The summed E-state index contributed by atoms with van der Waals surface area (Å²) in [7, 11) is 0. The zero-order chi connectivity index (χ0) is 18.1. The lowest BCUT2D eigenvalue weighted by Crippen LogP contribution is -2.38. The first-order valence-electron chi connectivity index (χ1n) is 9.60. The molecule has 3 heterocycles. The van der Waals surface area contributed by atoms with E-state index in [2.05, 4.69) is 35.4 Å². The Balaban J connectivity index is 1.53. The van der Waals surface area contributed by atoms with Gasteiger partial charge in [0, 0.05) is 29.5 Å². The van der Waals surface area contributed by atoms with Crippen molar-refractivity contribution in [1.82, 2.24) is 9.30 Å². The Labute approximate surface area is 158 Å². The summed E-state index contributed by atoms with van der Waals surface area (Å²) in [5.41, 5.74) is 1.81. The molecule has 138 valence electrons. The van der Waals surface area contributed by atoms with E-state index in [4.69, 9.17) is 4.74 Å². The maximum absolute atomic E-state index is 13.0. The molecule has 0 spiro atoms. The number of nitrogens with zero attached hydrogens (tertiary/aromatic N) is 2. The molecule has 1 saturated heterocycles. The van der Waals surface area contributed by atoms with E-state index in [1.165, 1.54) is 17.7 Å². The van der Waals surface area contributed by atoms with Gasteiger partial charge in [0.1, 0.15) is 16.5 Å². The molecule has 1 aliphatic rings. The second kappa shape index (κ2) is 7.41. The number of aromatic nitrogens is 1. The fourth-order valence-corrected chi connectivity index (χ4v) is 4.88. The molecule has 3 aromatic rings. The number of fused-ring (bicyclic) bond motifs is 3. The van der Waals surface area contributed by atoms with Crippen LogP contribution in [-0.4, -0.2) is 41.0 Å². The number of carbonyl (C=O) groups excluding carboxylic acids is 1. The Bertz CT molecular complexity index is 919. The Morgan fingerprint density at radius 1 is 1.27 bits per heavy atom. The molecule has 2 aromatic heterocycles. The van der Waals surface area contributed by atoms with Crippen LogP contribution in [0.3, 0.4) is 0 Å². The first kappa shape index (κ1) is 17.6. The van der Waals surface area contributed by atoms with E-state index >= 15 is 0 Å². The molecule has 5 heteroatoms. The van der Waals surface area contributed by atoms with E-state index < -0.39 is 0 Å². The first-order chi connectivity index (χ1) is 12.7. The second-order valence-electron chi connectivity index (χ2n) is 7.21. The Kier molecular flexibility index (Phi) is 5.00. The van der Waals surface area contributed by atoms with Crippen molar-refractivity contribution in [1.29, 1.82) is 0 Å². The van der Waals surface area contributed by atoms with E-state index in [-0.39, 0.29) is 12.1 Å². The molecule has 1 aliphatic heterocycles. The van der Waals surface area contributed by atoms with Gasteiger partial charge in [-0.15, -0.1) is 11.3 Å². The molecule has 0 unspecified atom stereocenters. The van der Waals surface area contributed by atoms with Gasteiger partial charge in [0.05, 0.1) is 5.52 Å². The summed E-state index contributed by atoms with van der Waals surface area (Å²) < 4.78 is 8.07. The standard InChI is InChI=1S/C21H26N2O2S/c1-3-4-11-22-12-9-16(10-13-22)25-21(24)19-17-7-5-6-8-18(17)23-14-15(2)26-20(19)23/h5-8,14,16H,3-4,9-13H2,1-2H3. The van der Waals surface area contributed by atoms with E-state index in [0.29, 0.717) is 0 Å². The van der Waals surface area contributed by atoms with Crippen LogP contribution in [0.4, 0.5) is 0 Å². The van der Waals surface area contributed by atoms with Gasteiger partial charge in [-0.2, -0.15) is 0 Å². The molecule has 0 bridgehead atoms. The predicted molar refractivity (Wildman–Crippen MR) is 107 cm³/mol. The van der Waals surface area contributed by atoms with E-state index in [1.807, 2.05) is 18.2 Å². The van der Waals surface area contributed by atoms with Crippen LogP contribution in [0.15, 0.2) is 30.5 Å². The number of likely N-dealkylation sites (tertiary alicyclic amines) is 1. The van der Waals surface area contributed by atoms with Crippen LogP contribution in [0.2, 0.25) is 0 Å². The zero-order valence-corrected chi connectivity index (χ0v) is 16.3. The number of carbonyl (C=O) groups is 1. The predicted octanol–water partition coefficient (Wildman–Crippen LogP) is 4.88. The summed E-state index contributed by atoms with van der Waals surface area (Å²) in [5.74, 6) is -0.169. The number of benzene rings is 1. The van der Waals surface area contributed by atoms with Gasteiger partial charge in [0.2, 0.25) is 0 Å². The van der Waals surface area contributed by atoms with Crippen molar-refractivity contribution < 1.29 is 9.53 Å². The maximum atomic E-state index is 13.0. The summed E-state index contributed by atoms with van der Waals surface area (Å²) in [5, 5.41) is 0.990. The topological polar surface area (TPSA) is 34.0 Å². The fourth-order valence-electron chi connectivity index (χ4n) is 3.87. The van der Waals surface area contributed by atoms with E-state index in [1.54, 1.807) is 11.3 Å². The number of hydrogen-bond acceptors (Lipinski definition) is 4. The number of piperidine rings is 1. The third kappa shape index (κ3) is 3.26. The SMILES string of the molecule is CCCCN1CCC(OC(=O)c2c3ccccc3n3cc(C)sc23)CC1. The van der Waals surface area contributed by atoms with Crippen molar-refractivity contribution in [3.8, 4) is 0 Å². The van der Waals surface area contributed by atoms with Crippen LogP contribution in [0.25, 0.3) is 15.7 Å². The molecule has 1 aromatic carbocycles. The zero-order valence-electron chi connectivity index (χ0n) is 15.5. The highest BCUT2D eigenvalue weighted by Gasteiger charge is 2.26. The third-order valence-corrected chi connectivity index (χ3v) is 6.30. The van der Waals surface area contributed by atoms with Gasteiger partial charge in [0.15, 0.2) is 0 Å². The highest BCUT2D eigenvalue weighted by molar-refractivity contribution is 7.18. The molecule has 0 radical (unpaired) electrons. The van der Waals surface area contributed by atoms with Crippen molar-refractivity contribution in [2.24, 2.45) is 0 Å². The first-order valence-corrected chi connectivity index (χ1v) is 10.4. The highest BCUT2D eigenvalue weighted by atomic mass is 32.1. The molecule has 26 heavy (non-hydrogen) atoms. The Morgan fingerprint density at radius 2 is 2.04 bits per heavy atom. The van der Waals surface area contributed by atoms with Crippen molar-refractivity contribution in [2.75, 3.05) is 19.6 Å². The highest BCUT2D eigenvalue weighted by Crippen LogP contribution is 2.33. The lowest BCUT2D eigenvalue weighted by atomic mass is 10.1. The number of para-hydroxylation sites is 1. The molecule has 0 N–H and O–H groups in total. The molecular weight excluding hydrogens is 344 g/mol. The van der Waals surface area contributed by atoms with Gasteiger partial charge in [-0.3, -0.25) is 0 Å². The molecule has 1 fully saturated rings. The quantitative estimate of drug-likeness (QED) is 0.600. The van der Waals surface area contributed by atoms with Crippen LogP contribution in [0.1, 0.15) is 47.8 Å². The summed E-state index contributed by atoms with van der Waals surface area (Å²) in [6, 6.07) is 8.09. The van der Waals surface area contributed by atoms with Crippen molar-refractivity contribution in [2.45, 2.75) is 45.6 Å². The molecule has 0 amide bonds. The molecule has 0 saturated carbocycles. The number of thiazole rings is 1. The number of esters is 1. The summed E-state index contributed by atoms with van der Waals surface area (Å²) >= 11 is 1.66. The van der Waals surface area contributed by atoms with Gasteiger partial charge in [-0.05, 0) is 38.8 Å². The van der Waals surface area contributed by atoms with Crippen molar-refractivity contribution in [3.63, 3.8) is 0 Å². The number of rotatable bonds is 5. The van der Waals surface area contributed by atoms with Crippen LogP contribution in [0.5, 0.6) is 0 Å². The Morgan fingerprint density at radius 3 is 2.81 bits per heavy atom. The molecule has 4 nitrogen and oxygen atoms in total. The van der Waals surface area contributed by atoms with Crippen LogP contribution < -0.4 is 0 Å². The lowest BCUT2D eigenvalue weighted by molar-refractivity contribution is 0.0117.